The van der Waals surface area contributed by atoms with E-state index in [0.717, 1.165) is 4.31 Å². The second-order valence-corrected chi connectivity index (χ2v) is 7.39. The van der Waals surface area contributed by atoms with Gasteiger partial charge in [-0.3, -0.25) is 4.31 Å². The molecule has 2 rings (SSSR count). The zero-order valence-electron chi connectivity index (χ0n) is 13.0. The van der Waals surface area contributed by atoms with Crippen LogP contribution in [0.1, 0.15) is 6.92 Å². The van der Waals surface area contributed by atoms with Crippen LogP contribution in [0.2, 0.25) is 0 Å². The van der Waals surface area contributed by atoms with Crippen molar-refractivity contribution in [3.63, 3.8) is 0 Å². The summed E-state index contributed by atoms with van der Waals surface area (Å²) in [5.41, 5.74) is 0. The summed E-state index contributed by atoms with van der Waals surface area (Å²) in [5, 5.41) is 0. The molecule has 0 atom stereocenters. The first-order chi connectivity index (χ1) is 10.9. The molecule has 1 aromatic heterocycles. The van der Waals surface area contributed by atoms with Crippen molar-refractivity contribution in [3.8, 4) is 11.6 Å². The Bertz CT molecular complexity index is 796. The monoisotopic (exact) mass is 400 g/mol. The minimum Gasteiger partial charge on any atom is -0.492 e. The van der Waals surface area contributed by atoms with Crippen LogP contribution in [0.15, 0.2) is 45.8 Å². The summed E-state index contributed by atoms with van der Waals surface area (Å²) in [6, 6.07) is 9.78. The Balaban J connectivity index is 2.50. The highest BCUT2D eigenvalue weighted by molar-refractivity contribution is 9.10. The summed E-state index contributed by atoms with van der Waals surface area (Å²) < 4.78 is 38.1. The number of methoxy groups -OCH3 is 1. The standard InChI is InChI=1S/C15H17BrN2O4S/c1-4-22-12-9-8-11(16)10-13(12)23(19,20)18(2)14-6-5-7-15(17-14)21-3/h5-10H,4H2,1-3H3. The van der Waals surface area contributed by atoms with Gasteiger partial charge in [0, 0.05) is 17.6 Å². The molecule has 23 heavy (non-hydrogen) atoms. The zero-order valence-corrected chi connectivity index (χ0v) is 15.4. The van der Waals surface area contributed by atoms with Crippen LogP contribution in [0.4, 0.5) is 5.82 Å². The molecule has 0 radical (unpaired) electrons. The number of benzene rings is 1. The van der Waals surface area contributed by atoms with Gasteiger partial charge < -0.3 is 9.47 Å². The summed E-state index contributed by atoms with van der Waals surface area (Å²) in [6.07, 6.45) is 0. The van der Waals surface area contributed by atoms with Crippen LogP contribution in [-0.4, -0.2) is 34.2 Å². The summed E-state index contributed by atoms with van der Waals surface area (Å²) in [7, 11) is -0.920. The Morgan fingerprint density at radius 3 is 2.65 bits per heavy atom. The molecule has 0 bridgehead atoms. The van der Waals surface area contributed by atoms with Crippen molar-refractivity contribution in [3.05, 3.63) is 40.9 Å². The second kappa shape index (κ2) is 7.18. The van der Waals surface area contributed by atoms with Crippen LogP contribution in [0.3, 0.4) is 0 Å². The van der Waals surface area contributed by atoms with Crippen molar-refractivity contribution >= 4 is 31.8 Å². The van der Waals surface area contributed by atoms with E-state index in [1.165, 1.54) is 20.2 Å². The van der Waals surface area contributed by atoms with Gasteiger partial charge in [0.15, 0.2) is 0 Å². The molecule has 0 aliphatic rings. The van der Waals surface area contributed by atoms with E-state index in [1.54, 1.807) is 37.3 Å². The van der Waals surface area contributed by atoms with E-state index in [0.29, 0.717) is 22.7 Å². The van der Waals surface area contributed by atoms with Gasteiger partial charge in [-0.25, -0.2) is 8.42 Å². The molecule has 6 nitrogen and oxygen atoms in total. The van der Waals surface area contributed by atoms with E-state index in [-0.39, 0.29) is 10.7 Å². The highest BCUT2D eigenvalue weighted by Gasteiger charge is 2.26. The molecular weight excluding hydrogens is 384 g/mol. The number of nitrogens with zero attached hydrogens (tertiary/aromatic N) is 2. The van der Waals surface area contributed by atoms with Crippen molar-refractivity contribution in [2.24, 2.45) is 0 Å². The van der Waals surface area contributed by atoms with Crippen LogP contribution in [0, 0.1) is 0 Å². The third-order valence-corrected chi connectivity index (χ3v) is 5.36. The summed E-state index contributed by atoms with van der Waals surface area (Å²) >= 11 is 3.29. The van der Waals surface area contributed by atoms with Gasteiger partial charge in [-0.15, -0.1) is 0 Å². The molecule has 1 heterocycles. The zero-order chi connectivity index (χ0) is 17.0. The first-order valence-electron chi connectivity index (χ1n) is 6.82. The Morgan fingerprint density at radius 2 is 2.00 bits per heavy atom. The number of sulfonamides is 1. The molecule has 0 saturated carbocycles. The van der Waals surface area contributed by atoms with E-state index in [9.17, 15) is 8.42 Å². The van der Waals surface area contributed by atoms with Crippen molar-refractivity contribution in [2.75, 3.05) is 25.1 Å². The fraction of sp³-hybridized carbons (Fsp3) is 0.267. The highest BCUT2D eigenvalue weighted by Crippen LogP contribution is 2.31. The molecule has 0 aliphatic heterocycles. The van der Waals surface area contributed by atoms with E-state index >= 15 is 0 Å². The lowest BCUT2D eigenvalue weighted by Gasteiger charge is -2.20. The molecule has 0 spiro atoms. The number of hydrogen-bond acceptors (Lipinski definition) is 5. The topological polar surface area (TPSA) is 68.7 Å². The molecule has 0 fully saturated rings. The van der Waals surface area contributed by atoms with Crippen molar-refractivity contribution in [1.82, 2.24) is 4.98 Å². The first kappa shape index (κ1) is 17.6. The van der Waals surface area contributed by atoms with Gasteiger partial charge in [-0.2, -0.15) is 4.98 Å². The maximum absolute atomic E-state index is 12.9. The molecule has 124 valence electrons. The van der Waals surface area contributed by atoms with E-state index in [1.807, 2.05) is 0 Å². The minimum atomic E-state index is -3.83. The summed E-state index contributed by atoms with van der Waals surface area (Å²) in [5.74, 6) is 0.890. The lowest BCUT2D eigenvalue weighted by Crippen LogP contribution is -2.28. The van der Waals surface area contributed by atoms with E-state index < -0.39 is 10.0 Å². The second-order valence-electron chi connectivity index (χ2n) is 4.53. The van der Waals surface area contributed by atoms with Crippen LogP contribution >= 0.6 is 15.9 Å². The fourth-order valence-corrected chi connectivity index (χ4v) is 3.73. The maximum atomic E-state index is 12.9. The maximum Gasteiger partial charge on any atom is 0.268 e. The highest BCUT2D eigenvalue weighted by atomic mass is 79.9. The lowest BCUT2D eigenvalue weighted by molar-refractivity contribution is 0.331. The quantitative estimate of drug-likeness (QED) is 0.744. The van der Waals surface area contributed by atoms with Crippen molar-refractivity contribution in [2.45, 2.75) is 11.8 Å². The molecule has 2 aromatic rings. The van der Waals surface area contributed by atoms with Gasteiger partial charge in [0.05, 0.1) is 13.7 Å². The van der Waals surface area contributed by atoms with Crippen molar-refractivity contribution in [1.29, 1.82) is 0 Å². The molecule has 0 amide bonds. The number of anilines is 1. The molecule has 8 heteroatoms. The van der Waals surface area contributed by atoms with E-state index in [4.69, 9.17) is 9.47 Å². The van der Waals surface area contributed by atoms with Crippen LogP contribution in [0.5, 0.6) is 11.6 Å². The third kappa shape index (κ3) is 3.76. The molecule has 0 unspecified atom stereocenters. The summed E-state index contributed by atoms with van der Waals surface area (Å²) in [6.45, 7) is 2.16. The smallest absolute Gasteiger partial charge is 0.268 e. The number of ether oxygens (including phenoxy) is 2. The molecule has 1 aromatic carbocycles. The largest absolute Gasteiger partial charge is 0.492 e. The molecule has 0 aliphatic carbocycles. The Kier molecular flexibility index (Phi) is 5.48. The predicted molar refractivity (Wildman–Crippen MR) is 91.7 cm³/mol. The number of rotatable bonds is 6. The average Bonchev–Trinajstić information content (AvgIpc) is 2.56. The number of aromatic nitrogens is 1. The minimum absolute atomic E-state index is 0.0702. The van der Waals surface area contributed by atoms with Crippen LogP contribution in [0.25, 0.3) is 0 Å². The van der Waals surface area contributed by atoms with Crippen molar-refractivity contribution < 1.29 is 17.9 Å². The van der Waals surface area contributed by atoms with Gasteiger partial charge in [0.2, 0.25) is 5.88 Å². The number of pyridine rings is 1. The molecular formula is C15H17BrN2O4S. The van der Waals surface area contributed by atoms with E-state index in [2.05, 4.69) is 20.9 Å². The Hall–Kier alpha value is -1.80. The van der Waals surface area contributed by atoms with Gasteiger partial charge in [0.25, 0.3) is 10.0 Å². The summed E-state index contributed by atoms with van der Waals surface area (Å²) in [4.78, 5) is 4.22. The lowest BCUT2D eigenvalue weighted by atomic mass is 10.3. The number of hydrogen-bond donors (Lipinski definition) is 0. The van der Waals surface area contributed by atoms with Crippen LogP contribution < -0.4 is 13.8 Å². The van der Waals surface area contributed by atoms with Gasteiger partial charge >= 0.3 is 0 Å². The Morgan fingerprint density at radius 1 is 1.26 bits per heavy atom. The Labute approximate surface area is 144 Å². The normalized spacial score (nSPS) is 11.1. The fourth-order valence-electron chi connectivity index (χ4n) is 1.92. The SMILES string of the molecule is CCOc1ccc(Br)cc1S(=O)(=O)N(C)c1cccc(OC)n1. The predicted octanol–water partition coefficient (Wildman–Crippen LogP) is 3.08. The third-order valence-electron chi connectivity index (χ3n) is 3.08. The first-order valence-corrected chi connectivity index (χ1v) is 9.05. The number of halogens is 1. The van der Waals surface area contributed by atoms with Gasteiger partial charge in [0.1, 0.15) is 16.5 Å². The van der Waals surface area contributed by atoms with Gasteiger partial charge in [-0.05, 0) is 31.2 Å². The van der Waals surface area contributed by atoms with Gasteiger partial charge in [-0.1, -0.05) is 22.0 Å². The molecule has 0 saturated heterocycles. The van der Waals surface area contributed by atoms with Crippen LogP contribution in [-0.2, 0) is 10.0 Å². The molecule has 0 N–H and O–H groups in total. The average molecular weight is 401 g/mol.